The Hall–Kier alpha value is -1.75. The molecule has 0 saturated heterocycles. The Morgan fingerprint density at radius 3 is 3.00 bits per heavy atom. The van der Waals surface area contributed by atoms with Gasteiger partial charge in [-0.15, -0.1) is 0 Å². The van der Waals surface area contributed by atoms with Crippen molar-refractivity contribution in [1.82, 2.24) is 15.3 Å². The quantitative estimate of drug-likeness (QED) is 0.680. The second-order valence-electron chi connectivity index (χ2n) is 3.02. The van der Waals surface area contributed by atoms with E-state index in [1.54, 1.807) is 12.1 Å². The molecule has 1 aromatic carbocycles. The van der Waals surface area contributed by atoms with Gasteiger partial charge >= 0.3 is 0 Å². The van der Waals surface area contributed by atoms with Crippen molar-refractivity contribution in [1.29, 1.82) is 0 Å². The number of amides is 1. The van der Waals surface area contributed by atoms with E-state index in [2.05, 4.69) is 15.3 Å². The number of benzene rings is 1. The first-order valence-corrected chi connectivity index (χ1v) is 4.67. The number of rotatable bonds is 1. The van der Waals surface area contributed by atoms with Gasteiger partial charge in [0.25, 0.3) is 5.91 Å². The highest BCUT2D eigenvalue weighted by Gasteiger charge is 2.15. The molecule has 5 nitrogen and oxygen atoms in total. The lowest BCUT2D eigenvalue weighted by molar-refractivity contribution is 0.0964. The second kappa shape index (κ2) is 3.43. The summed E-state index contributed by atoms with van der Waals surface area (Å²) in [4.78, 5) is 18.4. The molecular formula is C9H9ClN4O. The molecule has 0 spiro atoms. The SMILES string of the molecule is CNC(=O)c1c(Cl)ccc2[nH]c(N)nc12. The number of hydrogen-bond donors (Lipinski definition) is 3. The molecular weight excluding hydrogens is 216 g/mol. The largest absolute Gasteiger partial charge is 0.369 e. The maximum atomic E-state index is 11.6. The van der Waals surface area contributed by atoms with Crippen molar-refractivity contribution in [3.63, 3.8) is 0 Å². The fourth-order valence-electron chi connectivity index (χ4n) is 1.41. The normalized spacial score (nSPS) is 10.5. The zero-order chi connectivity index (χ0) is 11.0. The highest BCUT2D eigenvalue weighted by atomic mass is 35.5. The first-order valence-electron chi connectivity index (χ1n) is 4.29. The minimum Gasteiger partial charge on any atom is -0.369 e. The van der Waals surface area contributed by atoms with Crippen LogP contribution in [0.1, 0.15) is 10.4 Å². The van der Waals surface area contributed by atoms with E-state index in [-0.39, 0.29) is 11.9 Å². The Bertz CT molecular complexity index is 534. The van der Waals surface area contributed by atoms with Crippen LogP contribution in [-0.4, -0.2) is 22.9 Å². The number of hydrogen-bond acceptors (Lipinski definition) is 3. The van der Waals surface area contributed by atoms with Gasteiger partial charge in [0.1, 0.15) is 5.52 Å². The lowest BCUT2D eigenvalue weighted by Crippen LogP contribution is -2.18. The van der Waals surface area contributed by atoms with Crippen LogP contribution < -0.4 is 11.1 Å². The molecule has 78 valence electrons. The van der Waals surface area contributed by atoms with Crippen molar-refractivity contribution < 1.29 is 4.79 Å². The highest BCUT2D eigenvalue weighted by molar-refractivity contribution is 6.35. The van der Waals surface area contributed by atoms with E-state index in [9.17, 15) is 4.79 Å². The van der Waals surface area contributed by atoms with Gasteiger partial charge in [0.15, 0.2) is 5.95 Å². The first-order chi connectivity index (χ1) is 7.13. The summed E-state index contributed by atoms with van der Waals surface area (Å²) in [7, 11) is 1.54. The third kappa shape index (κ3) is 1.50. The predicted molar refractivity (Wildman–Crippen MR) is 58.9 cm³/mol. The van der Waals surface area contributed by atoms with Crippen molar-refractivity contribution in [3.05, 3.63) is 22.7 Å². The van der Waals surface area contributed by atoms with Crippen LogP contribution >= 0.6 is 11.6 Å². The standard InChI is InChI=1S/C9H9ClN4O/c1-12-8(15)6-4(10)2-3-5-7(6)14-9(11)13-5/h2-3H,1H3,(H,12,15)(H3,11,13,14). The monoisotopic (exact) mass is 224 g/mol. The van der Waals surface area contributed by atoms with E-state index in [1.165, 1.54) is 7.05 Å². The lowest BCUT2D eigenvalue weighted by atomic mass is 10.1. The molecule has 0 aliphatic heterocycles. The van der Waals surface area contributed by atoms with Crippen LogP contribution in [0.5, 0.6) is 0 Å². The number of imidazole rings is 1. The van der Waals surface area contributed by atoms with Gasteiger partial charge in [-0.05, 0) is 12.1 Å². The maximum Gasteiger partial charge on any atom is 0.254 e. The molecule has 0 aliphatic carbocycles. The summed E-state index contributed by atoms with van der Waals surface area (Å²) in [5, 5.41) is 2.86. The number of halogens is 1. The molecule has 6 heteroatoms. The molecule has 0 atom stereocenters. The Labute approximate surface area is 90.6 Å². The van der Waals surface area contributed by atoms with Crippen molar-refractivity contribution in [2.24, 2.45) is 0 Å². The molecule has 1 amide bonds. The van der Waals surface area contributed by atoms with Crippen LogP contribution in [0, 0.1) is 0 Å². The summed E-state index contributed by atoms with van der Waals surface area (Å²) in [5.74, 6) is -0.0190. The fourth-order valence-corrected chi connectivity index (χ4v) is 1.65. The van der Waals surface area contributed by atoms with Crippen LogP contribution in [-0.2, 0) is 0 Å². The average molecular weight is 225 g/mol. The van der Waals surface area contributed by atoms with Gasteiger partial charge in [0.2, 0.25) is 0 Å². The Balaban J connectivity index is 2.78. The van der Waals surface area contributed by atoms with E-state index in [4.69, 9.17) is 17.3 Å². The number of nitrogens with two attached hydrogens (primary N) is 1. The van der Waals surface area contributed by atoms with Gasteiger partial charge in [-0.3, -0.25) is 4.79 Å². The summed E-state index contributed by atoms with van der Waals surface area (Å²) >= 11 is 5.93. The summed E-state index contributed by atoms with van der Waals surface area (Å²) < 4.78 is 0. The molecule has 2 rings (SSSR count). The number of aromatic nitrogens is 2. The van der Waals surface area contributed by atoms with Gasteiger partial charge in [-0.2, -0.15) is 0 Å². The molecule has 0 aliphatic rings. The number of carbonyl (C=O) groups excluding carboxylic acids is 1. The van der Waals surface area contributed by atoms with Crippen LogP contribution in [0.3, 0.4) is 0 Å². The van der Waals surface area contributed by atoms with E-state index < -0.39 is 0 Å². The third-order valence-electron chi connectivity index (χ3n) is 2.08. The summed E-state index contributed by atoms with van der Waals surface area (Å²) in [5.41, 5.74) is 7.02. The van der Waals surface area contributed by atoms with Crippen LogP contribution in [0.25, 0.3) is 11.0 Å². The molecule has 4 N–H and O–H groups in total. The molecule has 0 unspecified atom stereocenters. The number of nitrogens with zero attached hydrogens (tertiary/aromatic N) is 1. The third-order valence-corrected chi connectivity index (χ3v) is 2.39. The van der Waals surface area contributed by atoms with Gasteiger partial charge in [-0.1, -0.05) is 11.6 Å². The highest BCUT2D eigenvalue weighted by Crippen LogP contribution is 2.24. The van der Waals surface area contributed by atoms with Gasteiger partial charge in [0.05, 0.1) is 16.1 Å². The summed E-state index contributed by atoms with van der Waals surface area (Å²) in [6, 6.07) is 3.36. The van der Waals surface area contributed by atoms with E-state index in [1.807, 2.05) is 0 Å². The fraction of sp³-hybridized carbons (Fsp3) is 0.111. The molecule has 15 heavy (non-hydrogen) atoms. The topological polar surface area (TPSA) is 83.8 Å². The molecule has 1 heterocycles. The van der Waals surface area contributed by atoms with E-state index in [0.717, 1.165) is 0 Å². The number of nitrogens with one attached hydrogen (secondary N) is 2. The lowest BCUT2D eigenvalue weighted by Gasteiger charge is -2.02. The van der Waals surface area contributed by atoms with E-state index in [0.29, 0.717) is 21.6 Å². The molecule has 0 fully saturated rings. The minimum atomic E-state index is -0.280. The molecule has 1 aromatic heterocycles. The molecule has 0 saturated carbocycles. The van der Waals surface area contributed by atoms with Gasteiger partial charge < -0.3 is 16.0 Å². The second-order valence-corrected chi connectivity index (χ2v) is 3.43. The number of anilines is 1. The molecule has 0 radical (unpaired) electrons. The average Bonchev–Trinajstić information content (AvgIpc) is 2.57. The number of nitrogen functional groups attached to an aromatic ring is 1. The minimum absolute atomic E-state index is 0.261. The van der Waals surface area contributed by atoms with Crippen molar-refractivity contribution >= 4 is 34.5 Å². The molecule has 0 bridgehead atoms. The van der Waals surface area contributed by atoms with Crippen LogP contribution in [0.4, 0.5) is 5.95 Å². The smallest absolute Gasteiger partial charge is 0.254 e. The number of carbonyl (C=O) groups is 1. The van der Waals surface area contributed by atoms with E-state index >= 15 is 0 Å². The molecule has 2 aromatic rings. The van der Waals surface area contributed by atoms with Crippen molar-refractivity contribution in [2.75, 3.05) is 12.8 Å². The zero-order valence-corrected chi connectivity index (χ0v) is 8.72. The van der Waals surface area contributed by atoms with Crippen LogP contribution in [0.2, 0.25) is 5.02 Å². The van der Waals surface area contributed by atoms with Gasteiger partial charge in [-0.25, -0.2) is 4.98 Å². The number of aromatic amines is 1. The van der Waals surface area contributed by atoms with Gasteiger partial charge in [0, 0.05) is 7.05 Å². The first kappa shape index (κ1) is 9.79. The van der Waals surface area contributed by atoms with Crippen molar-refractivity contribution in [2.45, 2.75) is 0 Å². The maximum absolute atomic E-state index is 11.6. The summed E-state index contributed by atoms with van der Waals surface area (Å²) in [6.07, 6.45) is 0. The Morgan fingerprint density at radius 1 is 1.60 bits per heavy atom. The number of fused-ring (bicyclic) bond motifs is 1. The van der Waals surface area contributed by atoms with Crippen molar-refractivity contribution in [3.8, 4) is 0 Å². The predicted octanol–water partition coefficient (Wildman–Crippen LogP) is 1.16. The van der Waals surface area contributed by atoms with Crippen LogP contribution in [0.15, 0.2) is 12.1 Å². The Kier molecular flexibility index (Phi) is 2.24. The Morgan fingerprint density at radius 2 is 2.33 bits per heavy atom. The summed E-state index contributed by atoms with van der Waals surface area (Å²) in [6.45, 7) is 0. The number of H-pyrrole nitrogens is 1. The zero-order valence-electron chi connectivity index (χ0n) is 7.97.